The summed E-state index contributed by atoms with van der Waals surface area (Å²) in [7, 11) is 1.85. The van der Waals surface area contributed by atoms with Crippen LogP contribution in [0.3, 0.4) is 0 Å². The maximum absolute atomic E-state index is 11.9. The van der Waals surface area contributed by atoms with Crippen molar-refractivity contribution < 1.29 is 9.53 Å². The summed E-state index contributed by atoms with van der Waals surface area (Å²) in [5.41, 5.74) is 2.35. The first-order valence-electron chi connectivity index (χ1n) is 6.84. The molecule has 1 rings (SSSR count). The van der Waals surface area contributed by atoms with Crippen LogP contribution < -0.4 is 4.74 Å². The van der Waals surface area contributed by atoms with Crippen molar-refractivity contribution in [1.82, 2.24) is 4.90 Å². The largest absolute Gasteiger partial charge is 0.493 e. The number of nitrogens with zero attached hydrogens (tertiary/aromatic N) is 1. The number of hydrogen-bond donors (Lipinski definition) is 0. The molecule has 0 unspecified atom stereocenters. The van der Waals surface area contributed by atoms with Crippen LogP contribution in [-0.4, -0.2) is 31.0 Å². The number of amides is 1. The van der Waals surface area contributed by atoms with Crippen LogP contribution in [0.4, 0.5) is 0 Å². The van der Waals surface area contributed by atoms with E-state index in [4.69, 9.17) is 4.74 Å². The van der Waals surface area contributed by atoms with E-state index < -0.39 is 0 Å². The van der Waals surface area contributed by atoms with Gasteiger partial charge in [-0.25, -0.2) is 0 Å². The van der Waals surface area contributed by atoms with Gasteiger partial charge in [-0.3, -0.25) is 4.79 Å². The first-order valence-corrected chi connectivity index (χ1v) is 6.84. The molecule has 1 aromatic carbocycles. The summed E-state index contributed by atoms with van der Waals surface area (Å²) in [6, 6.07) is 5.98. The van der Waals surface area contributed by atoms with E-state index in [0.717, 1.165) is 17.9 Å². The Labute approximate surface area is 116 Å². The molecule has 19 heavy (non-hydrogen) atoms. The average molecular weight is 263 g/mol. The van der Waals surface area contributed by atoms with E-state index in [1.54, 1.807) is 4.90 Å². The Morgan fingerprint density at radius 2 is 2.00 bits per heavy atom. The van der Waals surface area contributed by atoms with E-state index in [-0.39, 0.29) is 5.91 Å². The molecule has 0 N–H and O–H groups in total. The third-order valence-electron chi connectivity index (χ3n) is 3.19. The lowest BCUT2D eigenvalue weighted by atomic mass is 10.1. The van der Waals surface area contributed by atoms with Crippen LogP contribution in [0.2, 0.25) is 0 Å². The summed E-state index contributed by atoms with van der Waals surface area (Å²) < 4.78 is 5.70. The molecule has 0 radical (unpaired) electrons. The zero-order chi connectivity index (χ0) is 14.4. The number of benzene rings is 1. The third kappa shape index (κ3) is 4.93. The molecule has 3 heteroatoms. The van der Waals surface area contributed by atoms with E-state index in [2.05, 4.69) is 26.8 Å². The van der Waals surface area contributed by atoms with Crippen molar-refractivity contribution in [3.05, 3.63) is 29.3 Å². The maximum Gasteiger partial charge on any atom is 0.225 e. The minimum absolute atomic E-state index is 0.138. The second-order valence-electron chi connectivity index (χ2n) is 5.46. The van der Waals surface area contributed by atoms with Gasteiger partial charge in [-0.1, -0.05) is 26.0 Å². The lowest BCUT2D eigenvalue weighted by Crippen LogP contribution is -2.31. The fourth-order valence-corrected chi connectivity index (χ4v) is 1.97. The Kier molecular flexibility index (Phi) is 5.87. The molecular formula is C16H25NO2. The van der Waals surface area contributed by atoms with Crippen molar-refractivity contribution in [1.29, 1.82) is 0 Å². The first kappa shape index (κ1) is 15.5. The van der Waals surface area contributed by atoms with Crippen LogP contribution >= 0.6 is 0 Å². The van der Waals surface area contributed by atoms with Gasteiger partial charge in [-0.05, 0) is 37.0 Å². The van der Waals surface area contributed by atoms with Crippen LogP contribution in [0.5, 0.6) is 5.75 Å². The molecule has 106 valence electrons. The van der Waals surface area contributed by atoms with Gasteiger partial charge in [-0.2, -0.15) is 0 Å². The quantitative estimate of drug-likeness (QED) is 0.789. The lowest BCUT2D eigenvalue weighted by molar-refractivity contribution is -0.130. The summed E-state index contributed by atoms with van der Waals surface area (Å²) in [6.07, 6.45) is 0.427. The number of carbonyl (C=O) groups is 1. The summed E-state index contributed by atoms with van der Waals surface area (Å²) >= 11 is 0. The Morgan fingerprint density at radius 1 is 1.32 bits per heavy atom. The molecule has 3 nitrogen and oxygen atoms in total. The molecule has 0 fully saturated rings. The van der Waals surface area contributed by atoms with Gasteiger partial charge in [-0.15, -0.1) is 0 Å². The standard InChI is InChI=1S/C16H25NO2/c1-12(2)11-17(5)16(18)9-10-19-15-8-6-7-13(3)14(15)4/h6-8,12H,9-11H2,1-5H3. The highest BCUT2D eigenvalue weighted by Crippen LogP contribution is 2.20. The number of rotatable bonds is 6. The van der Waals surface area contributed by atoms with Gasteiger partial charge >= 0.3 is 0 Å². The third-order valence-corrected chi connectivity index (χ3v) is 3.19. The first-order chi connectivity index (χ1) is 8.91. The number of ether oxygens (including phenoxy) is 1. The highest BCUT2D eigenvalue weighted by Gasteiger charge is 2.10. The Morgan fingerprint density at radius 3 is 2.63 bits per heavy atom. The van der Waals surface area contributed by atoms with Crippen LogP contribution in [-0.2, 0) is 4.79 Å². The second-order valence-corrected chi connectivity index (χ2v) is 5.46. The predicted octanol–water partition coefficient (Wildman–Crippen LogP) is 3.19. The molecule has 1 amide bonds. The molecule has 0 aliphatic rings. The van der Waals surface area contributed by atoms with Crippen molar-refractivity contribution in [2.45, 2.75) is 34.1 Å². The molecule has 0 aliphatic heterocycles. The summed E-state index contributed by atoms with van der Waals surface area (Å²) in [6.45, 7) is 9.54. The van der Waals surface area contributed by atoms with E-state index in [1.165, 1.54) is 5.56 Å². The number of carbonyl (C=O) groups excluding carboxylic acids is 1. The Bertz CT molecular complexity index is 427. The SMILES string of the molecule is Cc1cccc(OCCC(=O)N(C)CC(C)C)c1C. The summed E-state index contributed by atoms with van der Waals surface area (Å²) in [4.78, 5) is 13.6. The predicted molar refractivity (Wildman–Crippen MR) is 78.5 cm³/mol. The van der Waals surface area contributed by atoms with Crippen molar-refractivity contribution in [3.63, 3.8) is 0 Å². The van der Waals surface area contributed by atoms with Crippen molar-refractivity contribution in [2.75, 3.05) is 20.2 Å². The molecule has 0 atom stereocenters. The zero-order valence-corrected chi connectivity index (χ0v) is 12.7. The minimum Gasteiger partial charge on any atom is -0.493 e. The summed E-state index contributed by atoms with van der Waals surface area (Å²) in [5, 5.41) is 0. The van der Waals surface area contributed by atoms with Gasteiger partial charge in [0.1, 0.15) is 5.75 Å². The van der Waals surface area contributed by atoms with Crippen molar-refractivity contribution in [3.8, 4) is 5.75 Å². The number of hydrogen-bond acceptors (Lipinski definition) is 2. The van der Waals surface area contributed by atoms with Crippen molar-refractivity contribution >= 4 is 5.91 Å². The Balaban J connectivity index is 2.42. The van der Waals surface area contributed by atoms with Crippen molar-refractivity contribution in [2.24, 2.45) is 5.92 Å². The smallest absolute Gasteiger partial charge is 0.225 e. The molecule has 0 aromatic heterocycles. The molecule has 0 saturated heterocycles. The van der Waals surface area contributed by atoms with Gasteiger partial charge in [0.2, 0.25) is 5.91 Å². The maximum atomic E-state index is 11.9. The molecule has 1 aromatic rings. The van der Waals surface area contributed by atoms with Gasteiger partial charge in [0.05, 0.1) is 13.0 Å². The fraction of sp³-hybridized carbons (Fsp3) is 0.562. The molecule has 0 bridgehead atoms. The van der Waals surface area contributed by atoms with Gasteiger partial charge < -0.3 is 9.64 Å². The molecule has 0 heterocycles. The average Bonchev–Trinajstić information content (AvgIpc) is 2.33. The van der Waals surface area contributed by atoms with Gasteiger partial charge in [0, 0.05) is 13.6 Å². The van der Waals surface area contributed by atoms with E-state index in [9.17, 15) is 4.79 Å². The molecule has 0 spiro atoms. The fourth-order valence-electron chi connectivity index (χ4n) is 1.97. The Hall–Kier alpha value is -1.51. The van der Waals surface area contributed by atoms with Crippen LogP contribution in [0.1, 0.15) is 31.4 Å². The van der Waals surface area contributed by atoms with Crippen LogP contribution in [0.25, 0.3) is 0 Å². The van der Waals surface area contributed by atoms with E-state index in [0.29, 0.717) is 18.9 Å². The molecular weight excluding hydrogens is 238 g/mol. The van der Waals surface area contributed by atoms with E-state index >= 15 is 0 Å². The van der Waals surface area contributed by atoms with Gasteiger partial charge in [0.25, 0.3) is 0 Å². The summed E-state index contributed by atoms with van der Waals surface area (Å²) in [5.74, 6) is 1.51. The molecule has 0 aliphatic carbocycles. The monoisotopic (exact) mass is 263 g/mol. The second kappa shape index (κ2) is 7.17. The van der Waals surface area contributed by atoms with E-state index in [1.807, 2.05) is 26.1 Å². The number of aryl methyl sites for hydroxylation is 1. The van der Waals surface area contributed by atoms with Gasteiger partial charge in [0.15, 0.2) is 0 Å². The van der Waals surface area contributed by atoms with Crippen LogP contribution in [0.15, 0.2) is 18.2 Å². The topological polar surface area (TPSA) is 29.5 Å². The highest BCUT2D eigenvalue weighted by atomic mass is 16.5. The molecule has 0 saturated carbocycles. The van der Waals surface area contributed by atoms with Crippen LogP contribution in [0, 0.1) is 19.8 Å². The zero-order valence-electron chi connectivity index (χ0n) is 12.7. The highest BCUT2D eigenvalue weighted by molar-refractivity contribution is 5.76. The normalized spacial score (nSPS) is 10.6. The lowest BCUT2D eigenvalue weighted by Gasteiger charge is -2.19. The minimum atomic E-state index is 0.138.